The van der Waals surface area contributed by atoms with Crippen LogP contribution in [0.2, 0.25) is 0 Å². The Kier molecular flexibility index (Phi) is 5.44. The van der Waals surface area contributed by atoms with Crippen molar-refractivity contribution in [2.24, 2.45) is 0 Å². The van der Waals surface area contributed by atoms with E-state index in [9.17, 15) is 0 Å². The van der Waals surface area contributed by atoms with E-state index < -0.39 is 0 Å². The van der Waals surface area contributed by atoms with Crippen molar-refractivity contribution >= 4 is 27.3 Å². The summed E-state index contributed by atoms with van der Waals surface area (Å²) in [7, 11) is 0. The first-order valence-electron chi connectivity index (χ1n) is 6.02. The second kappa shape index (κ2) is 6.85. The number of thiophene rings is 1. The highest BCUT2D eigenvalue weighted by atomic mass is 79.9. The maximum absolute atomic E-state index is 5.35. The molecule has 1 aromatic heterocycles. The molecule has 3 nitrogen and oxygen atoms in total. The Morgan fingerprint density at radius 2 is 2.24 bits per heavy atom. The lowest BCUT2D eigenvalue weighted by Gasteiger charge is -2.29. The summed E-state index contributed by atoms with van der Waals surface area (Å²) in [6.45, 7) is 8.21. The first-order valence-corrected chi connectivity index (χ1v) is 7.62. The molecule has 2 rings (SSSR count). The lowest BCUT2D eigenvalue weighted by atomic mass is 10.3. The van der Waals surface area contributed by atoms with Gasteiger partial charge in [0.05, 0.1) is 17.0 Å². The average Bonchev–Trinajstić information content (AvgIpc) is 2.74. The largest absolute Gasteiger partial charge is 0.379 e. The molecule has 5 heteroatoms. The normalized spacial score (nSPS) is 19.4. The van der Waals surface area contributed by atoms with Crippen LogP contribution in [0.25, 0.3) is 0 Å². The van der Waals surface area contributed by atoms with Gasteiger partial charge in [0.2, 0.25) is 0 Å². The van der Waals surface area contributed by atoms with E-state index in [0.717, 1.165) is 39.4 Å². The zero-order valence-corrected chi connectivity index (χ0v) is 12.5. The lowest BCUT2D eigenvalue weighted by Crippen LogP contribution is -2.44. The molecule has 17 heavy (non-hydrogen) atoms. The minimum atomic E-state index is 0.522. The molecule has 1 aromatic rings. The fourth-order valence-corrected chi connectivity index (χ4v) is 3.39. The molecule has 0 aliphatic carbocycles. The Hall–Kier alpha value is 0.0600. The lowest BCUT2D eigenvalue weighted by molar-refractivity contribution is 0.0343. The summed E-state index contributed by atoms with van der Waals surface area (Å²) in [6.07, 6.45) is 0. The van der Waals surface area contributed by atoms with Crippen molar-refractivity contribution in [1.82, 2.24) is 10.2 Å². The van der Waals surface area contributed by atoms with Crippen LogP contribution in [-0.2, 0) is 11.3 Å². The molecule has 1 saturated heterocycles. The summed E-state index contributed by atoms with van der Waals surface area (Å²) in [5, 5.41) is 3.57. The van der Waals surface area contributed by atoms with Crippen LogP contribution in [0.3, 0.4) is 0 Å². The van der Waals surface area contributed by atoms with Crippen molar-refractivity contribution in [2.45, 2.75) is 19.5 Å². The third-order valence-corrected chi connectivity index (χ3v) is 4.51. The molecule has 0 bridgehead atoms. The predicted molar refractivity (Wildman–Crippen MR) is 75.6 cm³/mol. The van der Waals surface area contributed by atoms with Crippen LogP contribution >= 0.6 is 27.3 Å². The number of nitrogens with zero attached hydrogens (tertiary/aromatic N) is 1. The summed E-state index contributed by atoms with van der Waals surface area (Å²) in [5.74, 6) is 0. The van der Waals surface area contributed by atoms with Crippen LogP contribution in [0.15, 0.2) is 15.9 Å². The highest BCUT2D eigenvalue weighted by molar-refractivity contribution is 9.11. The summed E-state index contributed by atoms with van der Waals surface area (Å²) < 4.78 is 6.55. The molecule has 1 N–H and O–H groups in total. The van der Waals surface area contributed by atoms with Gasteiger partial charge in [0.1, 0.15) is 0 Å². The van der Waals surface area contributed by atoms with Gasteiger partial charge < -0.3 is 10.1 Å². The topological polar surface area (TPSA) is 24.5 Å². The molecule has 1 aliphatic rings. The van der Waals surface area contributed by atoms with Gasteiger partial charge in [-0.05, 0) is 35.0 Å². The number of hydrogen-bond donors (Lipinski definition) is 1. The van der Waals surface area contributed by atoms with Crippen molar-refractivity contribution in [2.75, 3.05) is 32.8 Å². The number of ether oxygens (including phenoxy) is 1. The summed E-state index contributed by atoms with van der Waals surface area (Å²) >= 11 is 5.28. The molecule has 0 aromatic carbocycles. The van der Waals surface area contributed by atoms with Crippen LogP contribution in [-0.4, -0.2) is 43.8 Å². The van der Waals surface area contributed by atoms with Crippen LogP contribution in [0, 0.1) is 0 Å². The zero-order chi connectivity index (χ0) is 12.1. The van der Waals surface area contributed by atoms with E-state index in [0.29, 0.717) is 6.04 Å². The minimum Gasteiger partial charge on any atom is -0.379 e. The monoisotopic (exact) mass is 318 g/mol. The Labute approximate surface area is 115 Å². The summed E-state index contributed by atoms with van der Waals surface area (Å²) in [6, 6.07) is 4.80. The fraction of sp³-hybridized carbons (Fsp3) is 0.667. The molecule has 1 atom stereocenters. The van der Waals surface area contributed by atoms with Gasteiger partial charge in [0.15, 0.2) is 0 Å². The number of rotatable bonds is 5. The molecule has 1 fully saturated rings. The number of hydrogen-bond acceptors (Lipinski definition) is 4. The Balaban J connectivity index is 1.68. The van der Waals surface area contributed by atoms with Crippen LogP contribution in [0.1, 0.15) is 11.8 Å². The van der Waals surface area contributed by atoms with E-state index in [1.165, 1.54) is 8.66 Å². The van der Waals surface area contributed by atoms with Gasteiger partial charge in [-0.2, -0.15) is 0 Å². The molecule has 1 aliphatic heterocycles. The van der Waals surface area contributed by atoms with E-state index in [1.54, 1.807) is 11.3 Å². The molecular formula is C12H19BrN2OS. The molecule has 0 spiro atoms. The number of halogens is 1. The Bertz CT molecular complexity index is 339. The first kappa shape index (κ1) is 13.5. The van der Waals surface area contributed by atoms with Gasteiger partial charge in [0, 0.05) is 37.1 Å². The second-order valence-electron chi connectivity index (χ2n) is 4.40. The Morgan fingerprint density at radius 1 is 1.47 bits per heavy atom. The van der Waals surface area contributed by atoms with Crippen molar-refractivity contribution in [3.8, 4) is 0 Å². The second-order valence-corrected chi connectivity index (χ2v) is 6.95. The average molecular weight is 319 g/mol. The third kappa shape index (κ3) is 4.67. The SMILES string of the molecule is CC(CN1CCOCC1)NCc1ccc(Br)s1. The van der Waals surface area contributed by atoms with Crippen molar-refractivity contribution < 1.29 is 4.74 Å². The van der Waals surface area contributed by atoms with E-state index in [2.05, 4.69) is 45.2 Å². The predicted octanol–water partition coefficient (Wildman–Crippen LogP) is 2.32. The number of nitrogens with one attached hydrogen (secondary N) is 1. The van der Waals surface area contributed by atoms with Gasteiger partial charge in [-0.1, -0.05) is 0 Å². The summed E-state index contributed by atoms with van der Waals surface area (Å²) in [5.41, 5.74) is 0. The van der Waals surface area contributed by atoms with E-state index in [1.807, 2.05) is 0 Å². The summed E-state index contributed by atoms with van der Waals surface area (Å²) in [4.78, 5) is 3.84. The Morgan fingerprint density at radius 3 is 2.88 bits per heavy atom. The molecule has 2 heterocycles. The highest BCUT2D eigenvalue weighted by Gasteiger charge is 2.13. The molecular weight excluding hydrogens is 300 g/mol. The first-order chi connectivity index (χ1) is 8.24. The highest BCUT2D eigenvalue weighted by Crippen LogP contribution is 2.21. The maximum Gasteiger partial charge on any atom is 0.0701 e. The van der Waals surface area contributed by atoms with Gasteiger partial charge in [-0.3, -0.25) is 4.90 Å². The molecule has 0 radical (unpaired) electrons. The van der Waals surface area contributed by atoms with Crippen molar-refractivity contribution in [3.05, 3.63) is 20.8 Å². The fourth-order valence-electron chi connectivity index (χ4n) is 1.96. The quantitative estimate of drug-likeness (QED) is 0.901. The van der Waals surface area contributed by atoms with Crippen LogP contribution in [0.4, 0.5) is 0 Å². The van der Waals surface area contributed by atoms with E-state index in [4.69, 9.17) is 4.74 Å². The van der Waals surface area contributed by atoms with Crippen LogP contribution < -0.4 is 5.32 Å². The standard InChI is InChI=1S/C12H19BrN2OS/c1-10(9-15-4-6-16-7-5-15)14-8-11-2-3-12(13)17-11/h2-3,10,14H,4-9H2,1H3. The van der Waals surface area contributed by atoms with E-state index in [-0.39, 0.29) is 0 Å². The maximum atomic E-state index is 5.35. The number of morpholine rings is 1. The van der Waals surface area contributed by atoms with Gasteiger partial charge in [0.25, 0.3) is 0 Å². The molecule has 0 saturated carbocycles. The van der Waals surface area contributed by atoms with Crippen LogP contribution in [0.5, 0.6) is 0 Å². The molecule has 0 amide bonds. The molecule has 96 valence electrons. The zero-order valence-electron chi connectivity index (χ0n) is 10.1. The van der Waals surface area contributed by atoms with E-state index >= 15 is 0 Å². The van der Waals surface area contributed by atoms with Crippen molar-refractivity contribution in [3.63, 3.8) is 0 Å². The third-order valence-electron chi connectivity index (χ3n) is 2.89. The van der Waals surface area contributed by atoms with Gasteiger partial charge >= 0.3 is 0 Å². The van der Waals surface area contributed by atoms with Gasteiger partial charge in [-0.25, -0.2) is 0 Å². The minimum absolute atomic E-state index is 0.522. The van der Waals surface area contributed by atoms with Gasteiger partial charge in [-0.15, -0.1) is 11.3 Å². The van der Waals surface area contributed by atoms with Crippen molar-refractivity contribution in [1.29, 1.82) is 0 Å². The molecule has 1 unspecified atom stereocenters. The smallest absolute Gasteiger partial charge is 0.0701 e.